The number of nitrogens with two attached hydrogens (primary N) is 1. The molecule has 4 atom stereocenters. The fourth-order valence-corrected chi connectivity index (χ4v) is 8.71. The van der Waals surface area contributed by atoms with Gasteiger partial charge in [-0.05, 0) is 184 Å². The van der Waals surface area contributed by atoms with Crippen molar-refractivity contribution in [3.8, 4) is 86.5 Å². The Labute approximate surface area is 557 Å². The minimum Gasteiger partial charge on any atom is -0.464 e. The third kappa shape index (κ3) is 21.0. The van der Waals surface area contributed by atoms with E-state index >= 15 is 0 Å². The predicted molar refractivity (Wildman–Crippen MR) is 336 cm³/mol. The van der Waals surface area contributed by atoms with Gasteiger partial charge in [-0.25, -0.2) is 24.5 Å². The van der Waals surface area contributed by atoms with Gasteiger partial charge >= 0.3 is 30.5 Å². The smallest absolute Gasteiger partial charge is 0.417 e. The van der Waals surface area contributed by atoms with Crippen molar-refractivity contribution in [2.24, 2.45) is 5.73 Å². The summed E-state index contributed by atoms with van der Waals surface area (Å²) in [6.45, 7) is 3.63. The largest absolute Gasteiger partial charge is 0.464 e. The Balaban J connectivity index is 0.000000233. The summed E-state index contributed by atoms with van der Waals surface area (Å²) in [5.41, 5.74) is 4.45. The van der Waals surface area contributed by atoms with Gasteiger partial charge in [-0.3, -0.25) is 4.79 Å². The SMILES string of the molecule is CCOC(=O)/C=C/c1cccc(-c2ccc(Oc3ccc(C(F)(F)F)c(C#N)c3)cc2)n1.CCOC(=O)[C@H](O)[C@@H](O)c1cccc(-c2ccc(Oc3ccc(C(F)(F)F)c(C#N)c3)cc2)n1.N.N#Cc1cc(Oc2ccc(-c3cccc([C@H](O)[C@@H](O)C(N)=O)n3)cc2)ccc1C(F)(F)F. The predicted octanol–water partition coefficient (Wildman–Crippen LogP) is 13.9. The number of hydrogen-bond donors (Lipinski definition) is 6. The average Bonchev–Trinajstić information content (AvgIpc) is 0.856. The molecular weight excluding hydrogens is 1320 g/mol. The quantitative estimate of drug-likeness (QED) is 0.0249. The summed E-state index contributed by atoms with van der Waals surface area (Å²) in [7, 11) is 0. The number of hydrogen-bond acceptors (Lipinski definition) is 19. The third-order valence-electron chi connectivity index (χ3n) is 13.4. The molecule has 0 unspecified atom stereocenters. The Bertz CT molecular complexity index is 4460. The van der Waals surface area contributed by atoms with Crippen LogP contribution in [0.1, 0.15) is 76.5 Å². The van der Waals surface area contributed by atoms with Crippen molar-refractivity contribution in [3.63, 3.8) is 0 Å². The number of rotatable bonds is 19. The number of ether oxygens (including phenoxy) is 5. The highest BCUT2D eigenvalue weighted by Gasteiger charge is 2.36. The second-order valence-corrected chi connectivity index (χ2v) is 20.2. The van der Waals surface area contributed by atoms with Crippen LogP contribution < -0.4 is 26.1 Å². The number of carbonyl (C=O) groups excluding carboxylic acids is 3. The van der Waals surface area contributed by atoms with Crippen molar-refractivity contribution in [2.45, 2.75) is 56.8 Å². The third-order valence-corrected chi connectivity index (χ3v) is 13.4. The standard InChI is InChI=1S/C24H19F3N2O5.C24H17F3N2O3.C22H16F3N3O4.H3N/c1-2-33-23(32)22(31)21(30)20-5-3-4-19(29-20)14-6-8-16(9-7-14)34-17-10-11-18(24(25,26)27)15(12-17)13-28;1-2-31-23(30)13-8-18-4-3-5-22(29-18)16-6-9-19(10-7-16)32-20-11-12-21(24(25,26)27)17(14-20)15-28;23-22(24,25)16-9-8-15(10-13(16)11-26)32-14-6-4-12(5-7-14)17-2-1-3-18(28-17)19(29)20(30)21(27)31;/h3-12,21-22,30-31H,2H2,1H3;3-14H,2H2,1H3;1-10,19-20,29-30H,(H2,27,31);1H3/b;13-8+;;/t21-,22+;;19-,20+;/m0.0./s1. The monoisotopic (exact) mass is 1370 g/mol. The normalized spacial score (nSPS) is 12.3. The number of nitriles is 3. The van der Waals surface area contributed by atoms with Crippen LogP contribution in [0.5, 0.6) is 34.5 Å². The summed E-state index contributed by atoms with van der Waals surface area (Å²) >= 11 is 0. The molecule has 0 fully saturated rings. The molecule has 0 aliphatic heterocycles. The molecule has 0 aliphatic carbocycles. The average molecular weight is 1370 g/mol. The number of carbonyl (C=O) groups is 3. The number of nitrogens with zero attached hydrogens (tertiary/aromatic N) is 6. The number of alkyl halides is 9. The Kier molecular flexibility index (Phi) is 26.1. The molecule has 3 aromatic heterocycles. The Morgan fingerprint density at radius 2 is 0.788 bits per heavy atom. The summed E-state index contributed by atoms with van der Waals surface area (Å²) in [5.74, 6) is -1.27. The molecule has 3 heterocycles. The van der Waals surface area contributed by atoms with Gasteiger partial charge in [0.15, 0.2) is 12.2 Å². The number of aliphatic hydroxyl groups is 4. The van der Waals surface area contributed by atoms with Crippen LogP contribution in [-0.4, -0.2) is 78.6 Å². The second kappa shape index (κ2) is 34.1. The van der Waals surface area contributed by atoms with Gasteiger partial charge < -0.3 is 56.0 Å². The van der Waals surface area contributed by atoms with E-state index in [1.807, 2.05) is 0 Å². The molecule has 510 valence electrons. The van der Waals surface area contributed by atoms with Gasteiger partial charge in [-0.1, -0.05) is 18.2 Å². The van der Waals surface area contributed by atoms with E-state index in [0.717, 1.165) is 54.1 Å². The van der Waals surface area contributed by atoms with E-state index in [1.54, 1.807) is 141 Å². The molecule has 0 radical (unpaired) electrons. The number of primary amides is 1. The first-order valence-corrected chi connectivity index (χ1v) is 28.7. The first-order chi connectivity index (χ1) is 46.5. The van der Waals surface area contributed by atoms with E-state index in [9.17, 15) is 74.3 Å². The van der Waals surface area contributed by atoms with E-state index in [4.69, 9.17) is 45.2 Å². The van der Waals surface area contributed by atoms with Crippen LogP contribution in [0.2, 0.25) is 0 Å². The van der Waals surface area contributed by atoms with Crippen LogP contribution in [0.4, 0.5) is 39.5 Å². The van der Waals surface area contributed by atoms with Crippen molar-refractivity contribution in [3.05, 3.63) is 239 Å². The van der Waals surface area contributed by atoms with E-state index in [-0.39, 0.29) is 48.0 Å². The molecule has 99 heavy (non-hydrogen) atoms. The second-order valence-electron chi connectivity index (χ2n) is 20.2. The van der Waals surface area contributed by atoms with E-state index in [0.29, 0.717) is 51.2 Å². The molecule has 0 spiro atoms. The van der Waals surface area contributed by atoms with Crippen LogP contribution in [0, 0.1) is 34.0 Å². The van der Waals surface area contributed by atoms with Crippen LogP contribution in [0.25, 0.3) is 39.8 Å². The fourth-order valence-electron chi connectivity index (χ4n) is 8.71. The number of halogens is 9. The molecule has 0 saturated carbocycles. The van der Waals surface area contributed by atoms with Crippen LogP contribution in [0.15, 0.2) is 188 Å². The van der Waals surface area contributed by atoms with Gasteiger partial charge in [-0.15, -0.1) is 0 Å². The highest BCUT2D eigenvalue weighted by molar-refractivity contribution is 5.87. The maximum atomic E-state index is 12.9. The summed E-state index contributed by atoms with van der Waals surface area (Å²) in [5, 5.41) is 66.9. The van der Waals surface area contributed by atoms with E-state index in [1.165, 1.54) is 36.4 Å². The molecule has 0 aliphatic rings. The lowest BCUT2D eigenvalue weighted by atomic mass is 10.1. The first-order valence-electron chi connectivity index (χ1n) is 28.7. The molecule has 0 saturated heterocycles. The number of amides is 1. The molecule has 9 N–H and O–H groups in total. The lowest BCUT2D eigenvalue weighted by Gasteiger charge is -2.16. The highest BCUT2D eigenvalue weighted by atomic mass is 19.4. The van der Waals surface area contributed by atoms with Gasteiger partial charge in [0.1, 0.15) is 46.7 Å². The van der Waals surface area contributed by atoms with Crippen LogP contribution >= 0.6 is 0 Å². The maximum absolute atomic E-state index is 12.9. The molecule has 1 amide bonds. The number of benzene rings is 6. The minimum absolute atomic E-state index is 0. The summed E-state index contributed by atoms with van der Waals surface area (Å²) in [6.07, 6.45) is -17.8. The first kappa shape index (κ1) is 76.0. The van der Waals surface area contributed by atoms with Gasteiger partial charge in [0.05, 0.1) is 99.0 Å². The summed E-state index contributed by atoms with van der Waals surface area (Å²) in [4.78, 5) is 47.1. The number of aromatic nitrogens is 3. The van der Waals surface area contributed by atoms with Crippen molar-refractivity contribution >= 4 is 23.9 Å². The minimum atomic E-state index is -4.65. The van der Waals surface area contributed by atoms with Crippen molar-refractivity contribution in [2.75, 3.05) is 13.2 Å². The van der Waals surface area contributed by atoms with E-state index < -0.39 is 94.2 Å². The molecule has 20 nitrogen and oxygen atoms in total. The zero-order valence-corrected chi connectivity index (χ0v) is 51.6. The van der Waals surface area contributed by atoms with Crippen molar-refractivity contribution < 1.29 is 98.0 Å². The topological polar surface area (TPSA) is 349 Å². The van der Waals surface area contributed by atoms with Crippen LogP contribution in [-0.2, 0) is 42.4 Å². The molecule has 6 aromatic carbocycles. The van der Waals surface area contributed by atoms with Gasteiger partial charge in [0.2, 0.25) is 5.91 Å². The Morgan fingerprint density at radius 3 is 1.11 bits per heavy atom. The van der Waals surface area contributed by atoms with E-state index in [2.05, 4.69) is 15.0 Å². The number of esters is 2. The summed E-state index contributed by atoms with van der Waals surface area (Å²) < 4.78 is 143. The Hall–Kier alpha value is -12.0. The summed E-state index contributed by atoms with van der Waals surface area (Å²) in [6, 6.07) is 47.6. The molecule has 9 aromatic rings. The zero-order valence-electron chi connectivity index (χ0n) is 51.6. The number of aliphatic hydroxyl groups excluding tert-OH is 4. The van der Waals surface area contributed by atoms with Crippen molar-refractivity contribution in [1.82, 2.24) is 21.1 Å². The Morgan fingerprint density at radius 1 is 0.465 bits per heavy atom. The maximum Gasteiger partial charge on any atom is 0.417 e. The lowest BCUT2D eigenvalue weighted by Crippen LogP contribution is -2.34. The van der Waals surface area contributed by atoms with Gasteiger partial charge in [0, 0.05) is 22.8 Å². The zero-order chi connectivity index (χ0) is 71.5. The fraction of sp³-hybridized carbons (Fsp3) is 0.157. The lowest BCUT2D eigenvalue weighted by molar-refractivity contribution is -0.159. The highest BCUT2D eigenvalue weighted by Crippen LogP contribution is 2.39. The molecule has 29 heteroatoms. The molecule has 9 rings (SSSR count). The van der Waals surface area contributed by atoms with Gasteiger partial charge in [-0.2, -0.15) is 55.3 Å². The van der Waals surface area contributed by atoms with Crippen LogP contribution in [0.3, 0.4) is 0 Å². The van der Waals surface area contributed by atoms with Crippen molar-refractivity contribution in [1.29, 1.82) is 15.8 Å². The van der Waals surface area contributed by atoms with Gasteiger partial charge in [0.25, 0.3) is 0 Å². The molecular formula is C70H55F9N8O12. The number of pyridine rings is 3. The molecule has 0 bridgehead atoms.